The highest BCUT2D eigenvalue weighted by atomic mass is 19.1. The molecule has 2 aliphatic rings. The Labute approximate surface area is 177 Å². The Bertz CT molecular complexity index is 851. The zero-order valence-corrected chi connectivity index (χ0v) is 17.4. The van der Waals surface area contributed by atoms with Gasteiger partial charge in [0.05, 0.1) is 6.61 Å². The molecule has 0 radical (unpaired) electrons. The van der Waals surface area contributed by atoms with Gasteiger partial charge in [-0.3, -0.25) is 9.78 Å². The van der Waals surface area contributed by atoms with Gasteiger partial charge in [-0.1, -0.05) is 0 Å². The number of pyridine rings is 1. The summed E-state index contributed by atoms with van der Waals surface area (Å²) >= 11 is 0. The molecule has 0 atom stereocenters. The summed E-state index contributed by atoms with van der Waals surface area (Å²) in [5, 5.41) is 2.90. The van der Waals surface area contributed by atoms with Gasteiger partial charge in [0.25, 0.3) is 0 Å². The lowest BCUT2D eigenvalue weighted by Gasteiger charge is -2.32. The highest BCUT2D eigenvalue weighted by Crippen LogP contribution is 2.33. The first kappa shape index (κ1) is 20.8. The lowest BCUT2D eigenvalue weighted by atomic mass is 9.97. The van der Waals surface area contributed by atoms with Gasteiger partial charge in [0, 0.05) is 30.1 Å². The molecular formula is C24H30FN3O2. The molecule has 5 nitrogen and oxygen atoms in total. The molecule has 0 unspecified atom stereocenters. The molecule has 1 fully saturated rings. The SMILES string of the molecule is O=C(CCCN1CCC(COc2ccc(F)c3c2CCC3)CC1)Nc1ccncc1. The molecule has 1 saturated heterocycles. The quantitative estimate of drug-likeness (QED) is 0.707. The number of amides is 1. The van der Waals surface area contributed by atoms with E-state index in [9.17, 15) is 9.18 Å². The fourth-order valence-corrected chi connectivity index (χ4v) is 4.47. The molecular weight excluding hydrogens is 381 g/mol. The number of halogens is 1. The van der Waals surface area contributed by atoms with Crippen molar-refractivity contribution in [2.45, 2.75) is 44.9 Å². The number of fused-ring (bicyclic) bond motifs is 1. The van der Waals surface area contributed by atoms with Crippen LogP contribution in [0.4, 0.5) is 10.1 Å². The predicted molar refractivity (Wildman–Crippen MR) is 115 cm³/mol. The minimum atomic E-state index is -0.0855. The second-order valence-electron chi connectivity index (χ2n) is 8.34. The number of nitrogens with one attached hydrogen (secondary N) is 1. The fourth-order valence-electron chi connectivity index (χ4n) is 4.47. The first-order chi connectivity index (χ1) is 14.7. The van der Waals surface area contributed by atoms with E-state index < -0.39 is 0 Å². The van der Waals surface area contributed by atoms with Gasteiger partial charge < -0.3 is 15.0 Å². The van der Waals surface area contributed by atoms with Crippen molar-refractivity contribution in [2.24, 2.45) is 5.92 Å². The van der Waals surface area contributed by atoms with E-state index in [4.69, 9.17) is 4.74 Å². The summed E-state index contributed by atoms with van der Waals surface area (Å²) in [6.45, 7) is 3.74. The van der Waals surface area contributed by atoms with E-state index in [0.29, 0.717) is 18.9 Å². The van der Waals surface area contributed by atoms with Crippen LogP contribution in [-0.2, 0) is 17.6 Å². The molecule has 1 aromatic carbocycles. The molecule has 1 aromatic heterocycles. The van der Waals surface area contributed by atoms with Crippen LogP contribution in [0, 0.1) is 11.7 Å². The number of hydrogen-bond donors (Lipinski definition) is 1. The van der Waals surface area contributed by atoms with E-state index in [2.05, 4.69) is 15.2 Å². The lowest BCUT2D eigenvalue weighted by molar-refractivity contribution is -0.116. The molecule has 6 heteroatoms. The molecule has 1 aliphatic carbocycles. The largest absolute Gasteiger partial charge is 0.493 e. The molecule has 0 bridgehead atoms. The smallest absolute Gasteiger partial charge is 0.224 e. The Balaban J connectivity index is 1.14. The number of nitrogens with zero attached hydrogens (tertiary/aromatic N) is 2. The summed E-state index contributed by atoms with van der Waals surface area (Å²) in [6.07, 6.45) is 9.72. The fraction of sp³-hybridized carbons (Fsp3) is 0.500. The van der Waals surface area contributed by atoms with Crippen molar-refractivity contribution in [1.82, 2.24) is 9.88 Å². The van der Waals surface area contributed by atoms with Gasteiger partial charge in [0.15, 0.2) is 0 Å². The molecule has 1 N–H and O–H groups in total. The third-order valence-electron chi connectivity index (χ3n) is 6.21. The first-order valence-corrected chi connectivity index (χ1v) is 11.0. The van der Waals surface area contributed by atoms with Crippen molar-refractivity contribution in [3.05, 3.63) is 53.6 Å². The molecule has 0 spiro atoms. The van der Waals surface area contributed by atoms with Crippen LogP contribution in [0.25, 0.3) is 0 Å². The Hall–Kier alpha value is -2.47. The summed E-state index contributed by atoms with van der Waals surface area (Å²) in [7, 11) is 0. The highest BCUT2D eigenvalue weighted by molar-refractivity contribution is 5.90. The van der Waals surface area contributed by atoms with Crippen LogP contribution in [0.3, 0.4) is 0 Å². The van der Waals surface area contributed by atoms with E-state index >= 15 is 0 Å². The number of benzene rings is 1. The maximum Gasteiger partial charge on any atom is 0.224 e. The summed E-state index contributed by atoms with van der Waals surface area (Å²) in [6, 6.07) is 6.94. The van der Waals surface area contributed by atoms with Gasteiger partial charge in [0.2, 0.25) is 5.91 Å². The number of anilines is 1. The molecule has 2 aromatic rings. The number of carbonyl (C=O) groups excluding carboxylic acids is 1. The van der Waals surface area contributed by atoms with Crippen molar-refractivity contribution >= 4 is 11.6 Å². The van der Waals surface area contributed by atoms with Crippen LogP contribution < -0.4 is 10.1 Å². The Morgan fingerprint density at radius 1 is 1.13 bits per heavy atom. The van der Waals surface area contributed by atoms with Gasteiger partial charge in [0.1, 0.15) is 11.6 Å². The van der Waals surface area contributed by atoms with Crippen molar-refractivity contribution in [2.75, 3.05) is 31.6 Å². The van der Waals surface area contributed by atoms with Crippen molar-refractivity contribution in [1.29, 1.82) is 0 Å². The van der Waals surface area contributed by atoms with Crippen LogP contribution in [0.15, 0.2) is 36.7 Å². The normalized spacial score (nSPS) is 17.0. The summed E-state index contributed by atoms with van der Waals surface area (Å²) in [4.78, 5) is 18.4. The van der Waals surface area contributed by atoms with E-state index in [1.54, 1.807) is 36.7 Å². The highest BCUT2D eigenvalue weighted by Gasteiger charge is 2.23. The number of likely N-dealkylation sites (tertiary alicyclic amines) is 1. The Morgan fingerprint density at radius 2 is 1.90 bits per heavy atom. The standard InChI is InChI=1S/C24H30FN3O2/c25-22-6-7-23(21-4-1-3-20(21)22)30-17-18-10-15-28(16-11-18)14-2-5-24(29)27-19-8-12-26-13-9-19/h6-9,12-13,18H,1-5,10-11,14-17H2,(H,26,27,29). The molecule has 2 heterocycles. The number of aromatic nitrogens is 1. The average Bonchev–Trinajstić information content (AvgIpc) is 3.26. The molecule has 30 heavy (non-hydrogen) atoms. The van der Waals surface area contributed by atoms with E-state index in [-0.39, 0.29) is 11.7 Å². The number of hydrogen-bond acceptors (Lipinski definition) is 4. The van der Waals surface area contributed by atoms with Crippen molar-refractivity contribution in [3.8, 4) is 5.75 Å². The zero-order valence-electron chi connectivity index (χ0n) is 17.4. The average molecular weight is 412 g/mol. The van der Waals surface area contributed by atoms with Crippen LogP contribution in [0.5, 0.6) is 5.75 Å². The monoisotopic (exact) mass is 411 g/mol. The van der Waals surface area contributed by atoms with E-state index in [1.807, 2.05) is 0 Å². The van der Waals surface area contributed by atoms with Crippen LogP contribution in [0.1, 0.15) is 43.2 Å². The number of rotatable bonds is 8. The first-order valence-electron chi connectivity index (χ1n) is 11.0. The molecule has 0 saturated carbocycles. The summed E-state index contributed by atoms with van der Waals surface area (Å²) < 4.78 is 20.0. The Morgan fingerprint density at radius 3 is 2.70 bits per heavy atom. The van der Waals surface area contributed by atoms with Gasteiger partial charge >= 0.3 is 0 Å². The Kier molecular flexibility index (Phi) is 6.95. The summed E-state index contributed by atoms with van der Waals surface area (Å²) in [5.41, 5.74) is 2.73. The third-order valence-corrected chi connectivity index (χ3v) is 6.21. The van der Waals surface area contributed by atoms with Gasteiger partial charge in [-0.2, -0.15) is 0 Å². The van der Waals surface area contributed by atoms with Crippen molar-refractivity contribution < 1.29 is 13.9 Å². The predicted octanol–water partition coefficient (Wildman–Crippen LogP) is 4.22. The van der Waals surface area contributed by atoms with Gasteiger partial charge in [-0.05, 0) is 93.9 Å². The minimum absolute atomic E-state index is 0.0521. The maximum atomic E-state index is 13.9. The molecule has 1 amide bonds. The van der Waals surface area contributed by atoms with Gasteiger partial charge in [-0.15, -0.1) is 0 Å². The number of carbonyl (C=O) groups is 1. The maximum absolute atomic E-state index is 13.9. The van der Waals surface area contributed by atoms with Crippen LogP contribution in [-0.4, -0.2) is 42.0 Å². The van der Waals surface area contributed by atoms with Crippen molar-refractivity contribution in [3.63, 3.8) is 0 Å². The van der Waals surface area contributed by atoms with E-state index in [1.165, 1.54) is 0 Å². The second-order valence-corrected chi connectivity index (χ2v) is 8.34. The minimum Gasteiger partial charge on any atom is -0.493 e. The molecule has 4 rings (SSSR count). The third kappa shape index (κ3) is 5.36. The van der Waals surface area contributed by atoms with E-state index in [0.717, 1.165) is 80.7 Å². The lowest BCUT2D eigenvalue weighted by Crippen LogP contribution is -2.36. The second kappa shape index (κ2) is 10.0. The number of piperidine rings is 1. The summed E-state index contributed by atoms with van der Waals surface area (Å²) in [5.74, 6) is 1.39. The van der Waals surface area contributed by atoms with Crippen LogP contribution in [0.2, 0.25) is 0 Å². The van der Waals surface area contributed by atoms with Gasteiger partial charge in [-0.25, -0.2) is 4.39 Å². The molecule has 160 valence electrons. The van der Waals surface area contributed by atoms with Crippen LogP contribution >= 0.6 is 0 Å². The number of ether oxygens (including phenoxy) is 1. The zero-order chi connectivity index (χ0) is 20.8. The topological polar surface area (TPSA) is 54.5 Å². The molecule has 1 aliphatic heterocycles.